The van der Waals surface area contributed by atoms with Gasteiger partial charge >= 0.3 is 0 Å². The molecule has 250 valence electrons. The Morgan fingerprint density at radius 3 is 1.06 bits per heavy atom. The number of aromatic nitrogens is 2. The number of benzene rings is 3. The van der Waals surface area contributed by atoms with Crippen LogP contribution in [0.3, 0.4) is 0 Å². The van der Waals surface area contributed by atoms with Gasteiger partial charge in [0.25, 0.3) is 0 Å². The maximum absolute atomic E-state index is 4.84. The van der Waals surface area contributed by atoms with E-state index >= 15 is 0 Å². The van der Waals surface area contributed by atoms with Gasteiger partial charge in [-0.05, 0) is 103 Å². The zero-order valence-electron chi connectivity index (χ0n) is 27.5. The molecule has 0 saturated heterocycles. The van der Waals surface area contributed by atoms with Crippen molar-refractivity contribution in [3.63, 3.8) is 0 Å². The second kappa shape index (κ2) is 13.1. The van der Waals surface area contributed by atoms with Gasteiger partial charge < -0.3 is 0 Å². The molecule has 10 heteroatoms. The normalized spacial score (nSPS) is 12.8. The van der Waals surface area contributed by atoms with E-state index in [0.29, 0.717) is 0 Å². The molecule has 1 aliphatic rings. The van der Waals surface area contributed by atoms with Crippen molar-refractivity contribution in [1.82, 2.24) is 9.97 Å². The smallest absolute Gasteiger partial charge is 0.113 e. The molecule has 9 aromatic rings. The minimum absolute atomic E-state index is 0.857. The largest absolute Gasteiger partial charge is 0.293 e. The number of nitrogens with zero attached hydrogens (tertiary/aromatic N) is 6. The second-order valence-electron chi connectivity index (χ2n) is 12.0. The van der Waals surface area contributed by atoms with E-state index in [-0.39, 0.29) is 0 Å². The molecule has 0 unspecified atom stereocenters. The number of para-hydroxylation sites is 3. The molecule has 0 atom stereocenters. The van der Waals surface area contributed by atoms with Crippen LogP contribution in [0.1, 0.15) is 0 Å². The second-order valence-corrected chi connectivity index (χ2v) is 16.2. The molecular formula is C42H28N6S4. The molecule has 10 rings (SSSR count). The highest BCUT2D eigenvalue weighted by Crippen LogP contribution is 2.54. The SMILES string of the molecule is c1ccc(N2c3ccc(s3)N(c3ccccc3)c3ccc(s3)N(c3ccnc4cccnc34)c3ccc(s3)N(c3ccccc3)c3ccc2s3)cc1. The summed E-state index contributed by atoms with van der Waals surface area (Å²) in [6.45, 7) is 0. The van der Waals surface area contributed by atoms with Crippen LogP contribution in [0.5, 0.6) is 0 Å². The van der Waals surface area contributed by atoms with Crippen molar-refractivity contribution in [3.05, 3.63) is 170 Å². The Labute approximate surface area is 317 Å². The first-order valence-electron chi connectivity index (χ1n) is 16.7. The van der Waals surface area contributed by atoms with E-state index < -0.39 is 0 Å². The quantitative estimate of drug-likeness (QED) is 0.179. The third-order valence-electron chi connectivity index (χ3n) is 8.83. The highest BCUT2D eigenvalue weighted by Gasteiger charge is 2.27. The van der Waals surface area contributed by atoms with Gasteiger partial charge in [0, 0.05) is 29.5 Å². The molecule has 0 amide bonds. The minimum atomic E-state index is 0.857. The Bertz CT molecular complexity index is 2500. The maximum atomic E-state index is 4.84. The third kappa shape index (κ3) is 5.44. The van der Waals surface area contributed by atoms with Crippen LogP contribution in [0.15, 0.2) is 170 Å². The van der Waals surface area contributed by atoms with E-state index in [0.717, 1.165) is 73.8 Å². The molecule has 0 fully saturated rings. The van der Waals surface area contributed by atoms with Crippen LogP contribution < -0.4 is 19.6 Å². The van der Waals surface area contributed by atoms with Crippen molar-refractivity contribution < 1.29 is 0 Å². The molecule has 7 heterocycles. The van der Waals surface area contributed by atoms with Crippen LogP contribution in [0, 0.1) is 0 Å². The van der Waals surface area contributed by atoms with E-state index in [1.165, 1.54) is 0 Å². The Morgan fingerprint density at radius 2 is 0.673 bits per heavy atom. The molecule has 1 aliphatic heterocycles. The number of hydrogen-bond donors (Lipinski definition) is 0. The predicted octanol–water partition coefficient (Wildman–Crippen LogP) is 14.1. The van der Waals surface area contributed by atoms with Crippen LogP contribution in [-0.4, -0.2) is 9.97 Å². The van der Waals surface area contributed by atoms with Crippen LogP contribution in [0.25, 0.3) is 11.0 Å². The van der Waals surface area contributed by atoms with Crippen molar-refractivity contribution >= 4 is 119 Å². The van der Waals surface area contributed by atoms with Crippen molar-refractivity contribution in [3.8, 4) is 0 Å². The van der Waals surface area contributed by atoms with E-state index in [1.807, 2.05) is 24.5 Å². The van der Waals surface area contributed by atoms with Crippen LogP contribution in [0.4, 0.5) is 62.8 Å². The zero-order valence-corrected chi connectivity index (χ0v) is 30.7. The number of anilines is 12. The van der Waals surface area contributed by atoms with E-state index in [4.69, 9.17) is 4.98 Å². The summed E-state index contributed by atoms with van der Waals surface area (Å²) in [7, 11) is 0. The summed E-state index contributed by atoms with van der Waals surface area (Å²) < 4.78 is 0. The lowest BCUT2D eigenvalue weighted by Gasteiger charge is -2.25. The lowest BCUT2D eigenvalue weighted by molar-refractivity contribution is 1.28. The Hall–Kier alpha value is -5.78. The summed E-state index contributed by atoms with van der Waals surface area (Å²) in [5.41, 5.74) is 6.03. The molecule has 0 aliphatic carbocycles. The van der Waals surface area contributed by atoms with Gasteiger partial charge in [0.1, 0.15) is 45.5 Å². The van der Waals surface area contributed by atoms with Gasteiger partial charge in [-0.25, -0.2) is 0 Å². The molecule has 8 bridgehead atoms. The van der Waals surface area contributed by atoms with Crippen LogP contribution >= 0.6 is 45.3 Å². The first-order chi connectivity index (χ1) is 25.8. The number of pyridine rings is 2. The summed E-state index contributed by atoms with van der Waals surface area (Å²) in [6, 6.07) is 55.9. The van der Waals surface area contributed by atoms with Gasteiger partial charge in [-0.15, -0.1) is 0 Å². The molecular weight excluding hydrogens is 717 g/mol. The summed E-state index contributed by atoms with van der Waals surface area (Å²) in [5.74, 6) is 0. The lowest BCUT2D eigenvalue weighted by Crippen LogP contribution is -2.09. The van der Waals surface area contributed by atoms with Crippen LogP contribution in [0.2, 0.25) is 0 Å². The van der Waals surface area contributed by atoms with Gasteiger partial charge in [0.05, 0.1) is 11.2 Å². The fourth-order valence-electron chi connectivity index (χ4n) is 6.54. The summed E-state index contributed by atoms with van der Waals surface area (Å²) in [5, 5.41) is 8.94. The molecule has 0 saturated carbocycles. The summed E-state index contributed by atoms with van der Waals surface area (Å²) in [6.07, 6.45) is 3.73. The summed E-state index contributed by atoms with van der Waals surface area (Å²) in [4.78, 5) is 19.0. The topological polar surface area (TPSA) is 38.7 Å². The minimum Gasteiger partial charge on any atom is -0.293 e. The predicted molar refractivity (Wildman–Crippen MR) is 223 cm³/mol. The van der Waals surface area contributed by atoms with E-state index in [1.54, 1.807) is 45.3 Å². The number of thiophene rings is 4. The first-order valence-corrected chi connectivity index (χ1v) is 20.0. The fourth-order valence-corrected chi connectivity index (χ4v) is 11.1. The first kappa shape index (κ1) is 31.0. The average Bonchev–Trinajstić information content (AvgIpc) is 4.04. The molecule has 0 radical (unpaired) electrons. The van der Waals surface area contributed by atoms with Gasteiger partial charge in [-0.2, -0.15) is 0 Å². The lowest BCUT2D eigenvalue weighted by atomic mass is 10.2. The highest BCUT2D eigenvalue weighted by molar-refractivity contribution is 7.25. The van der Waals surface area contributed by atoms with Crippen molar-refractivity contribution in [2.75, 3.05) is 19.6 Å². The standard InChI is InChI=1S/C42H28N6S4/c1-4-11-29(12-5-1)45-34-18-20-36(49-34)46(30-13-6-2-7-14-30)38-22-24-40(51-38)48(33-26-28-43-32-17-10-27-44-42(32)33)41-25-23-39(52-41)47(31-15-8-3-9-16-31)37-21-19-35(45)50-37/h1-28H. The molecule has 0 N–H and O–H groups in total. The van der Waals surface area contributed by atoms with Gasteiger partial charge in [-0.3, -0.25) is 29.6 Å². The Balaban J connectivity index is 1.24. The van der Waals surface area contributed by atoms with E-state index in [9.17, 15) is 0 Å². The van der Waals surface area contributed by atoms with Gasteiger partial charge in [0.2, 0.25) is 0 Å². The van der Waals surface area contributed by atoms with Crippen molar-refractivity contribution in [1.29, 1.82) is 0 Å². The number of hydrogen-bond acceptors (Lipinski definition) is 10. The van der Waals surface area contributed by atoms with E-state index in [2.05, 4.69) is 170 Å². The number of fused-ring (bicyclic) bond motifs is 9. The Morgan fingerprint density at radius 1 is 0.308 bits per heavy atom. The summed E-state index contributed by atoms with van der Waals surface area (Å²) >= 11 is 7.09. The molecule has 52 heavy (non-hydrogen) atoms. The monoisotopic (exact) mass is 744 g/mol. The molecule has 3 aromatic carbocycles. The van der Waals surface area contributed by atoms with Crippen molar-refractivity contribution in [2.45, 2.75) is 0 Å². The molecule has 6 nitrogen and oxygen atoms in total. The van der Waals surface area contributed by atoms with Gasteiger partial charge in [-0.1, -0.05) is 99.9 Å². The van der Waals surface area contributed by atoms with Crippen molar-refractivity contribution in [2.24, 2.45) is 0 Å². The van der Waals surface area contributed by atoms with Gasteiger partial charge in [0.15, 0.2) is 0 Å². The van der Waals surface area contributed by atoms with Crippen LogP contribution in [-0.2, 0) is 0 Å². The highest BCUT2D eigenvalue weighted by atomic mass is 32.1. The number of rotatable bonds is 4. The average molecular weight is 745 g/mol. The fraction of sp³-hybridized carbons (Fsp3) is 0. The molecule has 0 spiro atoms. The third-order valence-corrected chi connectivity index (χ3v) is 13.1. The maximum Gasteiger partial charge on any atom is 0.113 e. The Kier molecular flexibility index (Phi) is 7.80. The molecule has 6 aromatic heterocycles. The zero-order chi connectivity index (χ0) is 34.4.